The van der Waals surface area contributed by atoms with Gasteiger partial charge in [0.05, 0.1) is 12.9 Å². The smallest absolute Gasteiger partial charge is 0.332 e. The van der Waals surface area contributed by atoms with Crippen LogP contribution in [0.4, 0.5) is 0 Å². The summed E-state index contributed by atoms with van der Waals surface area (Å²) in [7, 11) is 4.24. The second kappa shape index (κ2) is 6.30. The zero-order valence-electron chi connectivity index (χ0n) is 12.7. The molecule has 0 N–H and O–H groups in total. The third-order valence-corrected chi connectivity index (χ3v) is 4.13. The number of fused-ring (bicyclic) bond motifs is 1. The average Bonchev–Trinajstić information content (AvgIpc) is 2.54. The number of rotatable bonds is 4. The van der Waals surface area contributed by atoms with Gasteiger partial charge in [0.25, 0.3) is 5.56 Å². The Bertz CT molecular complexity index is 856. The average molecular weight is 324 g/mol. The Balaban J connectivity index is 2.76. The summed E-state index contributed by atoms with van der Waals surface area (Å²) >= 11 is 1.10. The molecule has 0 fully saturated rings. The molecular weight excluding hydrogens is 308 g/mol. The number of hydrogen-bond acceptors (Lipinski definition) is 7. The molecule has 22 heavy (non-hydrogen) atoms. The maximum Gasteiger partial charge on any atom is 0.332 e. The zero-order chi connectivity index (χ0) is 16.4. The summed E-state index contributed by atoms with van der Waals surface area (Å²) in [4.78, 5) is 44.3. The van der Waals surface area contributed by atoms with Gasteiger partial charge in [-0.2, -0.15) is 0 Å². The summed E-state index contributed by atoms with van der Waals surface area (Å²) < 4.78 is 6.90. The first kappa shape index (κ1) is 16.2. The van der Waals surface area contributed by atoms with E-state index in [1.807, 2.05) is 6.92 Å². The fraction of sp³-hybridized carbons (Fsp3) is 0.462. The molecule has 0 unspecified atom stereocenters. The highest BCUT2D eigenvalue weighted by atomic mass is 32.2. The number of thioether (sulfide) groups is 1. The lowest BCUT2D eigenvalue weighted by atomic mass is 10.3. The van der Waals surface area contributed by atoms with Gasteiger partial charge in [-0.25, -0.2) is 14.8 Å². The number of ether oxygens (including phenoxy) is 1. The molecule has 0 saturated heterocycles. The monoisotopic (exact) mass is 324 g/mol. The van der Waals surface area contributed by atoms with Crippen molar-refractivity contribution in [2.75, 3.05) is 12.9 Å². The number of carbonyl (C=O) groups is 1. The van der Waals surface area contributed by atoms with E-state index in [2.05, 4.69) is 14.7 Å². The first-order valence-electron chi connectivity index (χ1n) is 6.57. The fourth-order valence-electron chi connectivity index (χ4n) is 1.92. The molecule has 8 nitrogen and oxygen atoms in total. The third-order valence-electron chi connectivity index (χ3n) is 3.18. The van der Waals surface area contributed by atoms with Gasteiger partial charge in [-0.1, -0.05) is 18.7 Å². The minimum absolute atomic E-state index is 0.0256. The van der Waals surface area contributed by atoms with E-state index in [1.165, 1.54) is 18.7 Å². The number of aryl methyl sites for hydroxylation is 2. The van der Waals surface area contributed by atoms with Crippen LogP contribution in [0.15, 0.2) is 14.6 Å². The lowest BCUT2D eigenvalue weighted by molar-refractivity contribution is -0.137. The van der Waals surface area contributed by atoms with Crippen molar-refractivity contribution in [2.24, 2.45) is 14.1 Å². The van der Waals surface area contributed by atoms with Gasteiger partial charge in [0.15, 0.2) is 5.65 Å². The normalized spacial score (nSPS) is 10.9. The number of methoxy groups -OCH3 is 1. The maximum absolute atomic E-state index is 12.4. The SMILES string of the molecule is CCc1nc(SCC(=O)OC)c2c(=O)n(C)c(=O)n(C)c2n1. The topological polar surface area (TPSA) is 96.1 Å². The summed E-state index contributed by atoms with van der Waals surface area (Å²) in [6.45, 7) is 1.87. The van der Waals surface area contributed by atoms with Crippen LogP contribution in [-0.2, 0) is 30.0 Å². The summed E-state index contributed by atoms with van der Waals surface area (Å²) in [5.74, 6) is 0.108. The Labute approximate surface area is 130 Å². The Morgan fingerprint density at radius 3 is 2.50 bits per heavy atom. The largest absolute Gasteiger partial charge is 0.468 e. The van der Waals surface area contributed by atoms with Gasteiger partial charge >= 0.3 is 11.7 Å². The molecule has 0 aliphatic rings. The van der Waals surface area contributed by atoms with Crippen LogP contribution in [0.2, 0.25) is 0 Å². The van der Waals surface area contributed by atoms with Crippen molar-refractivity contribution in [1.29, 1.82) is 0 Å². The predicted molar refractivity (Wildman–Crippen MR) is 82.1 cm³/mol. The van der Waals surface area contributed by atoms with Crippen LogP contribution in [0.1, 0.15) is 12.7 Å². The van der Waals surface area contributed by atoms with Gasteiger partial charge in [0.1, 0.15) is 16.2 Å². The van der Waals surface area contributed by atoms with E-state index in [9.17, 15) is 14.4 Å². The van der Waals surface area contributed by atoms with Crippen molar-refractivity contribution in [3.63, 3.8) is 0 Å². The zero-order valence-corrected chi connectivity index (χ0v) is 13.6. The van der Waals surface area contributed by atoms with Crippen molar-refractivity contribution < 1.29 is 9.53 Å². The number of hydrogen-bond donors (Lipinski definition) is 0. The first-order valence-corrected chi connectivity index (χ1v) is 7.55. The maximum atomic E-state index is 12.4. The Morgan fingerprint density at radius 2 is 1.91 bits per heavy atom. The lowest BCUT2D eigenvalue weighted by Gasteiger charge is -2.10. The molecule has 0 aliphatic carbocycles. The quantitative estimate of drug-likeness (QED) is 0.438. The van der Waals surface area contributed by atoms with Crippen LogP contribution in [0.25, 0.3) is 11.0 Å². The van der Waals surface area contributed by atoms with Crippen LogP contribution < -0.4 is 11.2 Å². The molecule has 0 aromatic carbocycles. The van der Waals surface area contributed by atoms with Crippen molar-refractivity contribution >= 4 is 28.8 Å². The highest BCUT2D eigenvalue weighted by Crippen LogP contribution is 2.22. The summed E-state index contributed by atoms with van der Waals surface area (Å²) in [6, 6.07) is 0. The van der Waals surface area contributed by atoms with E-state index in [1.54, 1.807) is 7.05 Å². The second-order valence-electron chi connectivity index (χ2n) is 4.57. The number of aromatic nitrogens is 4. The van der Waals surface area contributed by atoms with Gasteiger partial charge in [-0.3, -0.25) is 18.7 Å². The predicted octanol–water partition coefficient (Wildman–Crippen LogP) is -0.145. The number of esters is 1. The van der Waals surface area contributed by atoms with E-state index in [0.29, 0.717) is 17.3 Å². The molecule has 2 heterocycles. The van der Waals surface area contributed by atoms with E-state index in [4.69, 9.17) is 0 Å². The lowest BCUT2D eigenvalue weighted by Crippen LogP contribution is -2.37. The fourth-order valence-corrected chi connectivity index (χ4v) is 2.79. The third kappa shape index (κ3) is 2.76. The van der Waals surface area contributed by atoms with Crippen molar-refractivity contribution in [3.05, 3.63) is 26.7 Å². The summed E-state index contributed by atoms with van der Waals surface area (Å²) in [6.07, 6.45) is 0.547. The minimum Gasteiger partial charge on any atom is -0.468 e. The number of nitrogens with zero attached hydrogens (tertiary/aromatic N) is 4. The van der Waals surface area contributed by atoms with Crippen molar-refractivity contribution in [3.8, 4) is 0 Å². The van der Waals surface area contributed by atoms with Crippen LogP contribution in [-0.4, -0.2) is 37.9 Å². The molecule has 2 aromatic heterocycles. The molecule has 0 radical (unpaired) electrons. The molecule has 0 spiro atoms. The van der Waals surface area contributed by atoms with E-state index in [-0.39, 0.29) is 16.8 Å². The van der Waals surface area contributed by atoms with Gasteiger partial charge in [0, 0.05) is 20.5 Å². The van der Waals surface area contributed by atoms with Gasteiger partial charge in [-0.05, 0) is 0 Å². The first-order chi connectivity index (χ1) is 10.4. The highest BCUT2D eigenvalue weighted by Gasteiger charge is 2.17. The van der Waals surface area contributed by atoms with Crippen LogP contribution in [0, 0.1) is 0 Å². The summed E-state index contributed by atoms with van der Waals surface area (Å²) in [5, 5.41) is 0.610. The molecular formula is C13H16N4O4S. The van der Waals surface area contributed by atoms with Crippen LogP contribution in [0.5, 0.6) is 0 Å². The van der Waals surface area contributed by atoms with Crippen molar-refractivity contribution in [1.82, 2.24) is 19.1 Å². The molecule has 0 aliphatic heterocycles. The molecule has 9 heteroatoms. The second-order valence-corrected chi connectivity index (χ2v) is 5.53. The molecule has 0 amide bonds. The van der Waals surface area contributed by atoms with Gasteiger partial charge in [-0.15, -0.1) is 0 Å². The van der Waals surface area contributed by atoms with E-state index < -0.39 is 17.2 Å². The summed E-state index contributed by atoms with van der Waals surface area (Å²) in [5.41, 5.74) is -0.664. The Hall–Kier alpha value is -2.16. The molecule has 0 atom stereocenters. The van der Waals surface area contributed by atoms with E-state index >= 15 is 0 Å². The van der Waals surface area contributed by atoms with Crippen LogP contribution >= 0.6 is 11.8 Å². The van der Waals surface area contributed by atoms with Gasteiger partial charge in [0.2, 0.25) is 0 Å². The standard InChI is InChI=1S/C13H16N4O4S/c1-5-7-14-10-9(11(15-7)22-6-8(18)21-4)12(19)17(3)13(20)16(10)2/h5-6H2,1-4H3. The Kier molecular flexibility index (Phi) is 4.65. The molecule has 0 saturated carbocycles. The molecule has 2 rings (SSSR count). The van der Waals surface area contributed by atoms with E-state index in [0.717, 1.165) is 16.3 Å². The molecule has 118 valence electrons. The Morgan fingerprint density at radius 1 is 1.23 bits per heavy atom. The van der Waals surface area contributed by atoms with Crippen molar-refractivity contribution in [2.45, 2.75) is 18.4 Å². The molecule has 2 aromatic rings. The number of carbonyl (C=O) groups excluding carboxylic acids is 1. The van der Waals surface area contributed by atoms with Gasteiger partial charge < -0.3 is 4.74 Å². The molecule has 0 bridgehead atoms. The highest BCUT2D eigenvalue weighted by molar-refractivity contribution is 8.00. The minimum atomic E-state index is -0.479. The van der Waals surface area contributed by atoms with Crippen LogP contribution in [0.3, 0.4) is 0 Å².